The minimum atomic E-state index is -4.39. The molecular weight excluding hydrogens is 299 g/mol. The fourth-order valence-corrected chi connectivity index (χ4v) is 1.44. The Bertz CT molecular complexity index is 306. The Morgan fingerprint density at radius 1 is 1.23 bits per heavy atom. The zero-order valence-electron chi connectivity index (χ0n) is 6.33. The molecule has 1 aromatic rings. The van der Waals surface area contributed by atoms with Crippen molar-refractivity contribution in [3.05, 3.63) is 35.1 Å². The van der Waals surface area contributed by atoms with Gasteiger partial charge in [-0.1, -0.05) is 22.6 Å². The van der Waals surface area contributed by atoms with Crippen LogP contribution in [0, 0.1) is 5.82 Å². The fourth-order valence-electron chi connectivity index (χ4n) is 0.853. The van der Waals surface area contributed by atoms with E-state index < -0.39 is 17.6 Å². The first-order valence-corrected chi connectivity index (χ1v) is 4.89. The van der Waals surface area contributed by atoms with E-state index in [1.807, 2.05) is 22.6 Å². The van der Waals surface area contributed by atoms with Crippen LogP contribution in [0.15, 0.2) is 18.2 Å². The van der Waals surface area contributed by atoms with E-state index >= 15 is 0 Å². The fraction of sp³-hybridized carbons (Fsp3) is 0.250. The van der Waals surface area contributed by atoms with E-state index in [1.165, 1.54) is 0 Å². The van der Waals surface area contributed by atoms with Crippen molar-refractivity contribution in [2.75, 3.05) is 0 Å². The van der Waals surface area contributed by atoms with Crippen molar-refractivity contribution in [2.24, 2.45) is 0 Å². The Labute approximate surface area is 86.1 Å². The molecule has 0 saturated carbocycles. The highest BCUT2D eigenvalue weighted by Crippen LogP contribution is 2.30. The number of alkyl halides is 4. The van der Waals surface area contributed by atoms with Crippen molar-refractivity contribution in [1.29, 1.82) is 0 Å². The third-order valence-electron chi connectivity index (χ3n) is 1.52. The zero-order chi connectivity index (χ0) is 10.1. The summed E-state index contributed by atoms with van der Waals surface area (Å²) in [5.74, 6) is -0.595. The Kier molecular flexibility index (Phi) is 3.15. The predicted molar refractivity (Wildman–Crippen MR) is 49.1 cm³/mol. The molecule has 13 heavy (non-hydrogen) atoms. The lowest BCUT2D eigenvalue weighted by molar-refractivity contribution is -0.137. The molecule has 0 aliphatic carbocycles. The topological polar surface area (TPSA) is 0 Å². The zero-order valence-corrected chi connectivity index (χ0v) is 8.49. The third-order valence-corrected chi connectivity index (χ3v) is 2.34. The molecule has 0 aliphatic heterocycles. The van der Waals surface area contributed by atoms with Crippen molar-refractivity contribution in [3.63, 3.8) is 0 Å². The summed E-state index contributed by atoms with van der Waals surface area (Å²) in [5, 5.41) is 0. The summed E-state index contributed by atoms with van der Waals surface area (Å²) in [6, 6.07) is 2.42. The smallest absolute Gasteiger partial charge is 0.207 e. The Morgan fingerprint density at radius 3 is 2.31 bits per heavy atom. The van der Waals surface area contributed by atoms with Crippen molar-refractivity contribution in [2.45, 2.75) is 10.6 Å². The number of hydrogen-bond acceptors (Lipinski definition) is 0. The van der Waals surface area contributed by atoms with Gasteiger partial charge in [0.05, 0.1) is 5.56 Å². The summed E-state index contributed by atoms with van der Waals surface area (Å²) >= 11 is 1.82. The second-order valence-electron chi connectivity index (χ2n) is 2.44. The summed E-state index contributed by atoms with van der Waals surface area (Å²) in [6.07, 6.45) is -4.39. The van der Waals surface area contributed by atoms with Gasteiger partial charge in [-0.2, -0.15) is 13.2 Å². The molecule has 0 amide bonds. The maximum atomic E-state index is 12.8. The molecule has 0 heterocycles. The lowest BCUT2D eigenvalue weighted by Crippen LogP contribution is -2.05. The van der Waals surface area contributed by atoms with Gasteiger partial charge >= 0.3 is 6.18 Å². The van der Waals surface area contributed by atoms with E-state index in [0.29, 0.717) is 0 Å². The first-order valence-electron chi connectivity index (χ1n) is 3.36. The maximum absolute atomic E-state index is 12.8. The van der Waals surface area contributed by atoms with Crippen LogP contribution in [0.1, 0.15) is 11.1 Å². The average Bonchev–Trinajstić information content (AvgIpc) is 2.03. The van der Waals surface area contributed by atoms with Crippen LogP contribution in [-0.4, -0.2) is 0 Å². The van der Waals surface area contributed by atoms with Gasteiger partial charge < -0.3 is 0 Å². The second kappa shape index (κ2) is 3.81. The predicted octanol–water partition coefficient (Wildman–Crippen LogP) is 3.78. The van der Waals surface area contributed by atoms with Gasteiger partial charge in [0.15, 0.2) is 0 Å². The van der Waals surface area contributed by atoms with Gasteiger partial charge in [-0.05, 0) is 23.8 Å². The number of rotatable bonds is 1. The van der Waals surface area contributed by atoms with Crippen molar-refractivity contribution in [1.82, 2.24) is 0 Å². The molecule has 72 valence electrons. The monoisotopic (exact) mass is 304 g/mol. The van der Waals surface area contributed by atoms with Crippen LogP contribution in [0.4, 0.5) is 17.6 Å². The van der Waals surface area contributed by atoms with Crippen LogP contribution < -0.4 is 0 Å². The molecule has 0 nitrogen and oxygen atoms in total. The number of benzene rings is 1. The highest BCUT2D eigenvalue weighted by Gasteiger charge is 2.30. The summed E-state index contributed by atoms with van der Waals surface area (Å²) in [4.78, 5) is 0. The molecule has 0 spiro atoms. The van der Waals surface area contributed by atoms with Gasteiger partial charge in [0.1, 0.15) is 5.82 Å². The number of halogens is 5. The molecule has 5 heteroatoms. The minimum Gasteiger partial charge on any atom is -0.207 e. The lowest BCUT2D eigenvalue weighted by Gasteiger charge is -2.07. The molecule has 0 unspecified atom stereocenters. The van der Waals surface area contributed by atoms with Crippen LogP contribution >= 0.6 is 22.6 Å². The molecule has 0 radical (unpaired) electrons. The standard InChI is InChI=1S/C8H5F4I/c9-7-2-1-6(8(10,11)12)3-5(7)4-13/h1-3H,4H2. The molecule has 1 aromatic carbocycles. The van der Waals surface area contributed by atoms with Crippen LogP contribution in [0.5, 0.6) is 0 Å². The molecule has 0 N–H and O–H groups in total. The summed E-state index contributed by atoms with van der Waals surface area (Å²) in [5.41, 5.74) is -0.726. The molecule has 0 aromatic heterocycles. The van der Waals surface area contributed by atoms with E-state index in [2.05, 4.69) is 0 Å². The second-order valence-corrected chi connectivity index (χ2v) is 3.20. The first-order chi connectivity index (χ1) is 5.95. The van der Waals surface area contributed by atoms with Gasteiger partial charge in [0, 0.05) is 4.43 Å². The molecule has 0 atom stereocenters. The molecule has 0 saturated heterocycles. The normalized spacial score (nSPS) is 11.8. The molecule has 0 bridgehead atoms. The Balaban J connectivity index is 3.14. The Morgan fingerprint density at radius 2 is 1.85 bits per heavy atom. The van der Waals surface area contributed by atoms with Crippen LogP contribution in [0.25, 0.3) is 0 Å². The maximum Gasteiger partial charge on any atom is 0.416 e. The summed E-state index contributed by atoms with van der Waals surface area (Å²) < 4.78 is 49.3. The highest BCUT2D eigenvalue weighted by atomic mass is 127. The van der Waals surface area contributed by atoms with Crippen molar-refractivity contribution >= 4 is 22.6 Å². The molecular formula is C8H5F4I. The largest absolute Gasteiger partial charge is 0.416 e. The van der Waals surface area contributed by atoms with Gasteiger partial charge in [0.2, 0.25) is 0 Å². The van der Waals surface area contributed by atoms with Gasteiger partial charge in [-0.3, -0.25) is 0 Å². The van der Waals surface area contributed by atoms with E-state index in [0.717, 1.165) is 18.2 Å². The quantitative estimate of drug-likeness (QED) is 0.421. The molecule has 1 rings (SSSR count). The van der Waals surface area contributed by atoms with E-state index in [1.54, 1.807) is 0 Å². The van der Waals surface area contributed by atoms with Gasteiger partial charge in [-0.15, -0.1) is 0 Å². The SMILES string of the molecule is Fc1ccc(C(F)(F)F)cc1CI. The third kappa shape index (κ3) is 2.55. The van der Waals surface area contributed by atoms with E-state index in [9.17, 15) is 17.6 Å². The highest BCUT2D eigenvalue weighted by molar-refractivity contribution is 14.1. The minimum absolute atomic E-state index is 0.0791. The Hall–Kier alpha value is -0.330. The summed E-state index contributed by atoms with van der Waals surface area (Å²) in [6.45, 7) is 0. The lowest BCUT2D eigenvalue weighted by atomic mass is 10.1. The molecule has 0 fully saturated rings. The van der Waals surface area contributed by atoms with Crippen LogP contribution in [0.2, 0.25) is 0 Å². The van der Waals surface area contributed by atoms with E-state index in [-0.39, 0.29) is 9.99 Å². The van der Waals surface area contributed by atoms with E-state index in [4.69, 9.17) is 0 Å². The average molecular weight is 304 g/mol. The summed E-state index contributed by atoms with van der Waals surface area (Å²) in [7, 11) is 0. The van der Waals surface area contributed by atoms with Gasteiger partial charge in [-0.25, -0.2) is 4.39 Å². The van der Waals surface area contributed by atoms with Crippen molar-refractivity contribution in [3.8, 4) is 0 Å². The van der Waals surface area contributed by atoms with Gasteiger partial charge in [0.25, 0.3) is 0 Å². The molecule has 0 aliphatic rings. The first kappa shape index (κ1) is 10.7. The van der Waals surface area contributed by atoms with Crippen molar-refractivity contribution < 1.29 is 17.6 Å². The van der Waals surface area contributed by atoms with Crippen LogP contribution in [0.3, 0.4) is 0 Å². The number of hydrogen-bond donors (Lipinski definition) is 0. The van der Waals surface area contributed by atoms with Crippen LogP contribution in [-0.2, 0) is 10.6 Å².